The topological polar surface area (TPSA) is 51.2 Å². The molecule has 2 aromatic carbocycles. The number of aryl methyl sites for hydroxylation is 2. The molecule has 3 rings (SSSR count). The van der Waals surface area contributed by atoms with Crippen LogP contribution in [0.3, 0.4) is 0 Å². The number of thiazole rings is 1. The highest BCUT2D eigenvalue weighted by molar-refractivity contribution is 7.13. The third kappa shape index (κ3) is 4.71. The molecule has 0 fully saturated rings. The van der Waals surface area contributed by atoms with E-state index in [0.29, 0.717) is 17.0 Å². The van der Waals surface area contributed by atoms with Crippen molar-refractivity contribution in [1.29, 1.82) is 0 Å². The molecule has 0 radical (unpaired) electrons. The molecule has 0 aliphatic carbocycles. The van der Waals surface area contributed by atoms with Crippen LogP contribution in [-0.2, 0) is 6.42 Å². The van der Waals surface area contributed by atoms with E-state index >= 15 is 0 Å². The predicted octanol–water partition coefficient (Wildman–Crippen LogP) is 4.63. The smallest absolute Gasteiger partial charge is 0.263 e. The normalized spacial score (nSPS) is 10.6. The molecule has 0 bridgehead atoms. The summed E-state index contributed by atoms with van der Waals surface area (Å²) >= 11 is 1.39. The number of carbonyl (C=O) groups is 1. The Morgan fingerprint density at radius 1 is 1.22 bits per heavy atom. The summed E-state index contributed by atoms with van der Waals surface area (Å²) in [5.41, 5.74) is 2.47. The number of aromatic nitrogens is 1. The summed E-state index contributed by atoms with van der Waals surface area (Å²) in [4.78, 5) is 16.7. The van der Waals surface area contributed by atoms with Gasteiger partial charge in [-0.15, -0.1) is 11.3 Å². The molecule has 1 aromatic heterocycles. The first kappa shape index (κ1) is 19.0. The van der Waals surface area contributed by atoms with Crippen molar-refractivity contribution in [3.05, 3.63) is 69.9 Å². The summed E-state index contributed by atoms with van der Waals surface area (Å²) in [5.74, 6) is -0.193. The Bertz CT molecular complexity index is 922. The van der Waals surface area contributed by atoms with E-state index in [9.17, 15) is 9.18 Å². The van der Waals surface area contributed by atoms with Gasteiger partial charge in [0.25, 0.3) is 5.91 Å². The fraction of sp³-hybridized carbons (Fsp3) is 0.238. The second-order valence-electron chi connectivity index (χ2n) is 6.12. The van der Waals surface area contributed by atoms with Crippen molar-refractivity contribution in [2.75, 3.05) is 13.7 Å². The van der Waals surface area contributed by atoms with Crippen LogP contribution in [0.15, 0.2) is 48.7 Å². The molecule has 4 nitrogen and oxygen atoms in total. The van der Waals surface area contributed by atoms with Crippen LogP contribution in [0.5, 0.6) is 5.75 Å². The van der Waals surface area contributed by atoms with Crippen LogP contribution in [0.1, 0.15) is 26.7 Å². The zero-order chi connectivity index (χ0) is 19.2. The average Bonchev–Trinajstić information content (AvgIpc) is 3.12. The first-order chi connectivity index (χ1) is 13.1. The molecule has 1 amide bonds. The number of rotatable bonds is 7. The summed E-state index contributed by atoms with van der Waals surface area (Å²) in [6, 6.07) is 12.9. The van der Waals surface area contributed by atoms with Crippen molar-refractivity contribution in [3.63, 3.8) is 0 Å². The van der Waals surface area contributed by atoms with Crippen LogP contribution in [0, 0.1) is 12.7 Å². The number of halogens is 1. The molecule has 140 valence electrons. The van der Waals surface area contributed by atoms with Gasteiger partial charge in [-0.25, -0.2) is 9.37 Å². The van der Waals surface area contributed by atoms with E-state index in [4.69, 9.17) is 4.74 Å². The molecule has 0 aliphatic rings. The number of carbonyl (C=O) groups excluding carboxylic acids is 1. The lowest BCUT2D eigenvalue weighted by Gasteiger charge is -2.09. The maximum absolute atomic E-state index is 14.4. The molecule has 6 heteroatoms. The molecule has 3 aromatic rings. The van der Waals surface area contributed by atoms with Crippen LogP contribution < -0.4 is 10.1 Å². The van der Waals surface area contributed by atoms with Gasteiger partial charge in [-0.2, -0.15) is 0 Å². The second-order valence-corrected chi connectivity index (χ2v) is 7.36. The van der Waals surface area contributed by atoms with Crippen molar-refractivity contribution in [3.8, 4) is 16.9 Å². The van der Waals surface area contributed by atoms with Gasteiger partial charge in [0.15, 0.2) is 11.6 Å². The Labute approximate surface area is 162 Å². The summed E-state index contributed by atoms with van der Waals surface area (Å²) in [5, 5.41) is 3.79. The minimum atomic E-state index is -0.353. The van der Waals surface area contributed by atoms with E-state index in [-0.39, 0.29) is 17.5 Å². The van der Waals surface area contributed by atoms with Gasteiger partial charge >= 0.3 is 0 Å². The molecule has 0 unspecified atom stereocenters. The van der Waals surface area contributed by atoms with Crippen molar-refractivity contribution in [2.24, 2.45) is 0 Å². The van der Waals surface area contributed by atoms with E-state index in [0.717, 1.165) is 29.0 Å². The molecule has 0 saturated heterocycles. The zero-order valence-electron chi connectivity index (χ0n) is 15.3. The van der Waals surface area contributed by atoms with Crippen LogP contribution in [-0.4, -0.2) is 24.5 Å². The Morgan fingerprint density at radius 2 is 2.00 bits per heavy atom. The SMILES string of the molecule is COc1cccc(-c2ccc(CCCNC(=O)c3cnc(C)s3)cc2)c1F. The zero-order valence-corrected chi connectivity index (χ0v) is 16.1. The van der Waals surface area contributed by atoms with Crippen LogP contribution in [0.25, 0.3) is 11.1 Å². The standard InChI is InChI=1S/C21H21FN2O2S/c1-14-24-13-19(27-14)21(25)23-12-4-5-15-8-10-16(11-9-15)17-6-3-7-18(26-2)20(17)22/h3,6-11,13H,4-5,12H2,1-2H3,(H,23,25). The number of benzene rings is 2. The van der Waals surface area contributed by atoms with Crippen LogP contribution >= 0.6 is 11.3 Å². The van der Waals surface area contributed by atoms with Crippen LogP contribution in [0.4, 0.5) is 4.39 Å². The largest absolute Gasteiger partial charge is 0.494 e. The summed E-state index contributed by atoms with van der Waals surface area (Å²) in [7, 11) is 1.46. The van der Waals surface area contributed by atoms with Gasteiger partial charge in [-0.3, -0.25) is 4.79 Å². The van der Waals surface area contributed by atoms with Gasteiger partial charge in [0.05, 0.1) is 18.3 Å². The highest BCUT2D eigenvalue weighted by atomic mass is 32.1. The van der Waals surface area contributed by atoms with Crippen molar-refractivity contribution in [2.45, 2.75) is 19.8 Å². The maximum atomic E-state index is 14.4. The Kier molecular flexibility index (Phi) is 6.19. The predicted molar refractivity (Wildman–Crippen MR) is 106 cm³/mol. The monoisotopic (exact) mass is 384 g/mol. The number of hydrogen-bond acceptors (Lipinski definition) is 4. The lowest BCUT2D eigenvalue weighted by molar-refractivity contribution is 0.0957. The van der Waals surface area contributed by atoms with E-state index in [2.05, 4.69) is 10.3 Å². The number of ether oxygens (including phenoxy) is 1. The Hall–Kier alpha value is -2.73. The van der Waals surface area contributed by atoms with Gasteiger partial charge in [0, 0.05) is 12.1 Å². The molecular formula is C21H21FN2O2S. The van der Waals surface area contributed by atoms with Gasteiger partial charge < -0.3 is 10.1 Å². The molecule has 0 saturated carbocycles. The number of nitrogens with one attached hydrogen (secondary N) is 1. The quantitative estimate of drug-likeness (QED) is 0.604. The summed E-state index contributed by atoms with van der Waals surface area (Å²) in [6.07, 6.45) is 3.27. The highest BCUT2D eigenvalue weighted by Crippen LogP contribution is 2.29. The first-order valence-corrected chi connectivity index (χ1v) is 9.52. The van der Waals surface area contributed by atoms with E-state index in [1.54, 1.807) is 24.4 Å². The fourth-order valence-corrected chi connectivity index (χ4v) is 3.48. The maximum Gasteiger partial charge on any atom is 0.263 e. The lowest BCUT2D eigenvalue weighted by Crippen LogP contribution is -2.23. The summed E-state index contributed by atoms with van der Waals surface area (Å²) in [6.45, 7) is 2.48. The van der Waals surface area contributed by atoms with Crippen molar-refractivity contribution in [1.82, 2.24) is 10.3 Å². The van der Waals surface area contributed by atoms with Gasteiger partial charge in [-0.05, 0) is 37.0 Å². The van der Waals surface area contributed by atoms with E-state index in [1.807, 2.05) is 31.2 Å². The Morgan fingerprint density at radius 3 is 2.67 bits per heavy atom. The number of amides is 1. The molecular weight excluding hydrogens is 363 g/mol. The minimum Gasteiger partial charge on any atom is -0.494 e. The third-order valence-corrected chi connectivity index (χ3v) is 5.13. The number of nitrogens with zero attached hydrogens (tertiary/aromatic N) is 1. The van der Waals surface area contributed by atoms with E-state index in [1.165, 1.54) is 18.4 Å². The fourth-order valence-electron chi connectivity index (χ4n) is 2.79. The second kappa shape index (κ2) is 8.77. The average molecular weight is 384 g/mol. The molecule has 1 N–H and O–H groups in total. The summed E-state index contributed by atoms with van der Waals surface area (Å²) < 4.78 is 19.4. The van der Waals surface area contributed by atoms with Gasteiger partial charge in [0.1, 0.15) is 4.88 Å². The molecule has 0 aliphatic heterocycles. The van der Waals surface area contributed by atoms with Crippen molar-refractivity contribution >= 4 is 17.2 Å². The van der Waals surface area contributed by atoms with Gasteiger partial charge in [-0.1, -0.05) is 36.4 Å². The minimum absolute atomic E-state index is 0.0792. The lowest BCUT2D eigenvalue weighted by atomic mass is 10.0. The first-order valence-electron chi connectivity index (χ1n) is 8.71. The van der Waals surface area contributed by atoms with Gasteiger partial charge in [0.2, 0.25) is 0 Å². The van der Waals surface area contributed by atoms with Crippen LogP contribution in [0.2, 0.25) is 0 Å². The molecule has 0 spiro atoms. The highest BCUT2D eigenvalue weighted by Gasteiger charge is 2.10. The third-order valence-electron chi connectivity index (χ3n) is 4.22. The van der Waals surface area contributed by atoms with E-state index < -0.39 is 0 Å². The molecule has 0 atom stereocenters. The number of hydrogen-bond donors (Lipinski definition) is 1. The molecule has 27 heavy (non-hydrogen) atoms. The number of methoxy groups -OCH3 is 1. The van der Waals surface area contributed by atoms with Crippen molar-refractivity contribution < 1.29 is 13.9 Å². The Balaban J connectivity index is 1.53. The molecule has 1 heterocycles.